The minimum absolute atomic E-state index is 0.467. The van der Waals surface area contributed by atoms with E-state index < -0.39 is 0 Å². The molecule has 17 heavy (non-hydrogen) atoms. The molecule has 0 aromatic carbocycles. The Kier molecular flexibility index (Phi) is 5.24. The maximum atomic E-state index is 8.64. The lowest BCUT2D eigenvalue weighted by Crippen LogP contribution is -2.29. The number of methoxy groups -OCH3 is 1. The molecule has 5 nitrogen and oxygen atoms in total. The number of nitrogen functional groups attached to an aromatic ring is 1. The number of aryl methyl sites for hydroxylation is 1. The first-order chi connectivity index (χ1) is 8.19. The molecule has 0 saturated heterocycles. The van der Waals surface area contributed by atoms with Gasteiger partial charge < -0.3 is 15.4 Å². The number of anilines is 2. The van der Waals surface area contributed by atoms with Crippen LogP contribution < -0.4 is 10.6 Å². The molecule has 0 amide bonds. The van der Waals surface area contributed by atoms with Crippen LogP contribution in [0.3, 0.4) is 0 Å². The molecule has 1 heterocycles. The van der Waals surface area contributed by atoms with Crippen LogP contribution in [0.15, 0.2) is 12.1 Å². The molecule has 0 fully saturated rings. The lowest BCUT2D eigenvalue weighted by molar-refractivity contribution is 0.205. The van der Waals surface area contributed by atoms with Crippen LogP contribution in [0.5, 0.6) is 0 Å². The SMILES string of the molecule is COCCN(CCC#N)c1ccc(N)c(C)n1. The largest absolute Gasteiger partial charge is 0.397 e. The summed E-state index contributed by atoms with van der Waals surface area (Å²) in [4.78, 5) is 6.44. The monoisotopic (exact) mass is 234 g/mol. The van der Waals surface area contributed by atoms with Crippen molar-refractivity contribution in [2.24, 2.45) is 0 Å². The fraction of sp³-hybridized carbons (Fsp3) is 0.500. The van der Waals surface area contributed by atoms with Crippen LogP contribution in [0.2, 0.25) is 0 Å². The quantitative estimate of drug-likeness (QED) is 0.803. The Bertz CT molecular complexity index is 400. The summed E-state index contributed by atoms with van der Waals surface area (Å²) in [5.74, 6) is 0.837. The summed E-state index contributed by atoms with van der Waals surface area (Å²) in [5, 5.41) is 8.64. The van der Waals surface area contributed by atoms with Gasteiger partial charge in [-0.15, -0.1) is 0 Å². The first-order valence-electron chi connectivity index (χ1n) is 5.53. The Morgan fingerprint density at radius 2 is 2.24 bits per heavy atom. The van der Waals surface area contributed by atoms with Gasteiger partial charge in [0.25, 0.3) is 0 Å². The summed E-state index contributed by atoms with van der Waals surface area (Å²) in [7, 11) is 1.66. The molecular weight excluding hydrogens is 216 g/mol. The van der Waals surface area contributed by atoms with Crippen molar-refractivity contribution in [3.8, 4) is 6.07 Å². The van der Waals surface area contributed by atoms with Crippen LogP contribution in [0.1, 0.15) is 12.1 Å². The van der Waals surface area contributed by atoms with Crippen molar-refractivity contribution in [3.63, 3.8) is 0 Å². The fourth-order valence-corrected chi connectivity index (χ4v) is 1.46. The van der Waals surface area contributed by atoms with Crippen molar-refractivity contribution in [2.45, 2.75) is 13.3 Å². The fourth-order valence-electron chi connectivity index (χ4n) is 1.46. The first kappa shape index (κ1) is 13.3. The number of rotatable bonds is 6. The summed E-state index contributed by atoms with van der Waals surface area (Å²) in [6.45, 7) is 3.85. The van der Waals surface area contributed by atoms with Crippen molar-refractivity contribution in [1.82, 2.24) is 4.98 Å². The number of nitrogens with zero attached hydrogens (tertiary/aromatic N) is 3. The predicted octanol–water partition coefficient (Wildman–Crippen LogP) is 1.34. The Labute approximate surface area is 102 Å². The molecule has 0 spiro atoms. The number of hydrogen-bond donors (Lipinski definition) is 1. The Hall–Kier alpha value is -1.80. The molecule has 1 aromatic rings. The lowest BCUT2D eigenvalue weighted by atomic mass is 10.3. The molecule has 0 saturated carbocycles. The van der Waals surface area contributed by atoms with E-state index in [1.807, 2.05) is 24.0 Å². The minimum Gasteiger partial charge on any atom is -0.397 e. The van der Waals surface area contributed by atoms with Crippen molar-refractivity contribution >= 4 is 11.5 Å². The highest BCUT2D eigenvalue weighted by Gasteiger charge is 2.08. The topological polar surface area (TPSA) is 75.2 Å². The maximum absolute atomic E-state index is 8.64. The molecule has 0 atom stereocenters. The van der Waals surface area contributed by atoms with Crippen LogP contribution >= 0.6 is 0 Å². The first-order valence-corrected chi connectivity index (χ1v) is 5.53. The Morgan fingerprint density at radius 1 is 1.47 bits per heavy atom. The number of nitriles is 1. The minimum atomic E-state index is 0.467. The van der Waals surface area contributed by atoms with Gasteiger partial charge in [0, 0.05) is 20.2 Å². The second kappa shape index (κ2) is 6.71. The van der Waals surface area contributed by atoms with Crippen LogP contribution in [-0.4, -0.2) is 31.8 Å². The molecule has 0 radical (unpaired) electrons. The van der Waals surface area contributed by atoms with Gasteiger partial charge in [0.05, 0.1) is 30.5 Å². The third kappa shape index (κ3) is 3.93. The van der Waals surface area contributed by atoms with Gasteiger partial charge in [-0.25, -0.2) is 4.98 Å². The van der Waals surface area contributed by atoms with Crippen molar-refractivity contribution in [1.29, 1.82) is 5.26 Å². The van der Waals surface area contributed by atoms with Gasteiger partial charge in [0.1, 0.15) is 5.82 Å². The molecule has 0 unspecified atom stereocenters. The van der Waals surface area contributed by atoms with E-state index >= 15 is 0 Å². The lowest BCUT2D eigenvalue weighted by Gasteiger charge is -2.22. The number of pyridine rings is 1. The van der Waals surface area contributed by atoms with E-state index in [0.29, 0.717) is 31.8 Å². The van der Waals surface area contributed by atoms with E-state index in [1.54, 1.807) is 7.11 Å². The van der Waals surface area contributed by atoms with Crippen LogP contribution in [0.4, 0.5) is 11.5 Å². The van der Waals surface area contributed by atoms with E-state index in [2.05, 4.69) is 11.1 Å². The van der Waals surface area contributed by atoms with Gasteiger partial charge >= 0.3 is 0 Å². The zero-order chi connectivity index (χ0) is 12.7. The van der Waals surface area contributed by atoms with Crippen LogP contribution in [-0.2, 0) is 4.74 Å². The van der Waals surface area contributed by atoms with Gasteiger partial charge in [-0.3, -0.25) is 0 Å². The summed E-state index contributed by atoms with van der Waals surface area (Å²) < 4.78 is 5.05. The Balaban J connectivity index is 2.80. The number of aromatic nitrogens is 1. The summed E-state index contributed by atoms with van der Waals surface area (Å²) in [6, 6.07) is 5.84. The van der Waals surface area contributed by atoms with E-state index in [1.165, 1.54) is 0 Å². The zero-order valence-corrected chi connectivity index (χ0v) is 10.3. The van der Waals surface area contributed by atoms with Crippen molar-refractivity contribution < 1.29 is 4.74 Å². The van der Waals surface area contributed by atoms with Gasteiger partial charge in [-0.2, -0.15) is 5.26 Å². The molecule has 1 aromatic heterocycles. The molecule has 5 heteroatoms. The number of ether oxygens (including phenoxy) is 1. The standard InChI is InChI=1S/C12H18N4O/c1-10-11(14)4-5-12(15-10)16(7-3-6-13)8-9-17-2/h4-5H,3,7-9,14H2,1-2H3. The number of nitrogens with two attached hydrogens (primary N) is 1. The van der Waals surface area contributed by atoms with E-state index in [0.717, 1.165) is 11.5 Å². The van der Waals surface area contributed by atoms with E-state index in [4.69, 9.17) is 15.7 Å². The highest BCUT2D eigenvalue weighted by molar-refractivity contribution is 5.50. The molecule has 92 valence electrons. The molecular formula is C12H18N4O. The summed E-state index contributed by atoms with van der Waals surface area (Å²) in [6.07, 6.45) is 0.467. The molecule has 0 aliphatic carbocycles. The van der Waals surface area contributed by atoms with Crippen molar-refractivity contribution in [3.05, 3.63) is 17.8 Å². The normalized spacial score (nSPS) is 9.94. The van der Waals surface area contributed by atoms with Gasteiger partial charge in [0.2, 0.25) is 0 Å². The second-order valence-electron chi connectivity index (χ2n) is 3.73. The molecule has 0 aliphatic heterocycles. The summed E-state index contributed by atoms with van der Waals surface area (Å²) in [5.41, 5.74) is 7.22. The average molecular weight is 234 g/mol. The zero-order valence-electron chi connectivity index (χ0n) is 10.3. The molecule has 0 bridgehead atoms. The highest BCUT2D eigenvalue weighted by atomic mass is 16.5. The third-order valence-corrected chi connectivity index (χ3v) is 2.49. The van der Waals surface area contributed by atoms with Gasteiger partial charge in [-0.1, -0.05) is 0 Å². The predicted molar refractivity (Wildman–Crippen MR) is 67.7 cm³/mol. The van der Waals surface area contributed by atoms with Crippen LogP contribution in [0, 0.1) is 18.3 Å². The van der Waals surface area contributed by atoms with E-state index in [9.17, 15) is 0 Å². The highest BCUT2D eigenvalue weighted by Crippen LogP contribution is 2.16. The maximum Gasteiger partial charge on any atom is 0.129 e. The molecule has 1 rings (SSSR count). The third-order valence-electron chi connectivity index (χ3n) is 2.49. The Morgan fingerprint density at radius 3 is 2.82 bits per heavy atom. The van der Waals surface area contributed by atoms with E-state index in [-0.39, 0.29) is 0 Å². The van der Waals surface area contributed by atoms with Crippen molar-refractivity contribution in [2.75, 3.05) is 37.4 Å². The number of hydrogen-bond acceptors (Lipinski definition) is 5. The average Bonchev–Trinajstić information content (AvgIpc) is 2.33. The smallest absolute Gasteiger partial charge is 0.129 e. The molecule has 2 N–H and O–H groups in total. The summed E-state index contributed by atoms with van der Waals surface area (Å²) >= 11 is 0. The van der Waals surface area contributed by atoms with Gasteiger partial charge in [-0.05, 0) is 19.1 Å². The molecule has 0 aliphatic rings. The second-order valence-corrected chi connectivity index (χ2v) is 3.73. The van der Waals surface area contributed by atoms with Gasteiger partial charge in [0.15, 0.2) is 0 Å². The van der Waals surface area contributed by atoms with Crippen LogP contribution in [0.25, 0.3) is 0 Å².